The van der Waals surface area contributed by atoms with Crippen molar-refractivity contribution in [2.45, 2.75) is 32.4 Å². The van der Waals surface area contributed by atoms with Crippen molar-refractivity contribution in [2.24, 2.45) is 5.73 Å². The molecule has 1 fully saturated rings. The van der Waals surface area contributed by atoms with Gasteiger partial charge in [0.1, 0.15) is 5.82 Å². The molecule has 1 aromatic carbocycles. The maximum absolute atomic E-state index is 13.6. The Kier molecular flexibility index (Phi) is 7.41. The molecule has 36 heavy (non-hydrogen) atoms. The molecular weight excluding hydrogens is 506 g/mol. The van der Waals surface area contributed by atoms with Gasteiger partial charge in [-0.3, -0.25) is 9.52 Å². The maximum atomic E-state index is 13.6. The molecule has 11 nitrogen and oxygen atoms in total. The minimum atomic E-state index is -3.64. The van der Waals surface area contributed by atoms with Crippen LogP contribution in [0.25, 0.3) is 5.65 Å². The van der Waals surface area contributed by atoms with E-state index in [1.54, 1.807) is 17.5 Å². The predicted molar refractivity (Wildman–Crippen MR) is 139 cm³/mol. The number of halogens is 1. The van der Waals surface area contributed by atoms with Crippen LogP contribution in [0.4, 0.5) is 11.5 Å². The molecule has 4 rings (SSSR count). The van der Waals surface area contributed by atoms with E-state index >= 15 is 0 Å². The summed E-state index contributed by atoms with van der Waals surface area (Å²) < 4.78 is 27.7. The van der Waals surface area contributed by atoms with E-state index in [9.17, 15) is 18.3 Å². The Labute approximate surface area is 214 Å². The van der Waals surface area contributed by atoms with Crippen molar-refractivity contribution in [1.29, 1.82) is 0 Å². The van der Waals surface area contributed by atoms with Gasteiger partial charge in [-0.25, -0.2) is 17.9 Å². The molecule has 0 radical (unpaired) electrons. The number of amides is 1. The Bertz CT molecular complexity index is 1390. The van der Waals surface area contributed by atoms with Crippen molar-refractivity contribution in [1.82, 2.24) is 19.5 Å². The van der Waals surface area contributed by atoms with Crippen LogP contribution in [0.5, 0.6) is 0 Å². The molecule has 3 aromatic rings. The fourth-order valence-electron chi connectivity index (χ4n) is 4.40. The number of carbonyl (C=O) groups excluding carboxylic acids is 1. The van der Waals surface area contributed by atoms with Gasteiger partial charge in [-0.05, 0) is 38.5 Å². The monoisotopic (exact) mass is 535 g/mol. The third-order valence-corrected chi connectivity index (χ3v) is 6.98. The van der Waals surface area contributed by atoms with E-state index in [0.717, 1.165) is 37.1 Å². The van der Waals surface area contributed by atoms with Gasteiger partial charge in [0.15, 0.2) is 5.65 Å². The number of hydrogen-bond acceptors (Lipinski definition) is 8. The number of benzene rings is 1. The molecule has 2 aromatic heterocycles. The zero-order chi connectivity index (χ0) is 26.2. The summed E-state index contributed by atoms with van der Waals surface area (Å²) in [6.07, 6.45) is 3.80. The number of aryl methyl sites for hydroxylation is 1. The number of anilines is 2. The Morgan fingerprint density at radius 2 is 2.14 bits per heavy atom. The molecule has 194 valence electrons. The van der Waals surface area contributed by atoms with Crippen molar-refractivity contribution in [2.75, 3.05) is 42.1 Å². The molecule has 13 heteroatoms. The quantitative estimate of drug-likeness (QED) is 0.395. The molecule has 0 bridgehead atoms. The molecule has 0 spiro atoms. The first-order valence-corrected chi connectivity index (χ1v) is 13.8. The van der Waals surface area contributed by atoms with Crippen molar-refractivity contribution < 1.29 is 18.3 Å². The number of fused-ring (bicyclic) bond motifs is 1. The molecule has 3 heterocycles. The fraction of sp³-hybridized carbons (Fsp3) is 0.435. The highest BCUT2D eigenvalue weighted by atomic mass is 35.5. The summed E-state index contributed by atoms with van der Waals surface area (Å²) in [5, 5.41) is 14.6. The SMILES string of the molecule is Cc1cn2nc([C@H](C)N(CCO)C(=O)c3cc(Cl)ccc3NS(C)(=O)=O)cc2nc1N1CC[C@H](N)C1. The van der Waals surface area contributed by atoms with Crippen molar-refractivity contribution >= 4 is 44.7 Å². The lowest BCUT2D eigenvalue weighted by Gasteiger charge is -2.28. The lowest BCUT2D eigenvalue weighted by atomic mass is 10.1. The standard InChI is InChI=1S/C23H30ClN7O4S/c1-14-12-31-21(26-22(14)29-7-6-17(25)13-29)11-20(27-31)15(2)30(8-9-32)23(33)18-10-16(24)4-5-19(18)28-36(3,34)35/h4-5,10-12,15,17,28,32H,6-9,13,25H2,1-3H3/t15-,17-/m0/s1. The second-order valence-corrected chi connectivity index (χ2v) is 11.3. The number of nitrogens with zero attached hydrogens (tertiary/aromatic N) is 5. The fourth-order valence-corrected chi connectivity index (χ4v) is 5.15. The van der Waals surface area contributed by atoms with Crippen LogP contribution in [0, 0.1) is 6.92 Å². The number of hydrogen-bond donors (Lipinski definition) is 3. The summed E-state index contributed by atoms with van der Waals surface area (Å²) >= 11 is 6.12. The number of nitrogens with one attached hydrogen (secondary N) is 1. The van der Waals surface area contributed by atoms with E-state index in [0.29, 0.717) is 11.3 Å². The number of nitrogens with two attached hydrogens (primary N) is 1. The van der Waals surface area contributed by atoms with Gasteiger partial charge < -0.3 is 20.6 Å². The van der Waals surface area contributed by atoms with Crippen LogP contribution in [0.2, 0.25) is 5.02 Å². The molecule has 0 saturated carbocycles. The Balaban J connectivity index is 1.68. The first-order valence-electron chi connectivity index (χ1n) is 11.5. The highest BCUT2D eigenvalue weighted by molar-refractivity contribution is 7.92. The summed E-state index contributed by atoms with van der Waals surface area (Å²) in [6, 6.07) is 5.69. The third-order valence-electron chi connectivity index (χ3n) is 6.15. The summed E-state index contributed by atoms with van der Waals surface area (Å²) in [7, 11) is -3.64. The first kappa shape index (κ1) is 26.1. The van der Waals surface area contributed by atoms with E-state index in [-0.39, 0.29) is 35.5 Å². The van der Waals surface area contributed by atoms with Crippen LogP contribution in [-0.2, 0) is 10.0 Å². The van der Waals surface area contributed by atoms with E-state index in [2.05, 4.69) is 14.7 Å². The normalized spacial score (nSPS) is 16.9. The topological polar surface area (TPSA) is 146 Å². The van der Waals surface area contributed by atoms with E-state index < -0.39 is 22.0 Å². The van der Waals surface area contributed by atoms with Gasteiger partial charge in [0.2, 0.25) is 10.0 Å². The zero-order valence-electron chi connectivity index (χ0n) is 20.3. The molecule has 1 saturated heterocycles. The highest BCUT2D eigenvalue weighted by Crippen LogP contribution is 2.29. The Hall–Kier alpha value is -2.93. The van der Waals surface area contributed by atoms with Gasteiger partial charge >= 0.3 is 0 Å². The van der Waals surface area contributed by atoms with Gasteiger partial charge in [0.25, 0.3) is 5.91 Å². The number of sulfonamides is 1. The van der Waals surface area contributed by atoms with Crippen LogP contribution < -0.4 is 15.4 Å². The summed E-state index contributed by atoms with van der Waals surface area (Å²) in [5.74, 6) is 0.353. The number of aliphatic hydroxyl groups is 1. The minimum absolute atomic E-state index is 0.00206. The van der Waals surface area contributed by atoms with Crippen molar-refractivity contribution in [3.05, 3.63) is 52.3 Å². The Morgan fingerprint density at radius 3 is 2.78 bits per heavy atom. The van der Waals surface area contributed by atoms with Gasteiger partial charge in [-0.2, -0.15) is 5.10 Å². The lowest BCUT2D eigenvalue weighted by molar-refractivity contribution is 0.0645. The number of aromatic nitrogens is 3. The molecule has 1 aliphatic heterocycles. The van der Waals surface area contributed by atoms with Gasteiger partial charge in [0, 0.05) is 48.5 Å². The molecule has 4 N–H and O–H groups in total. The van der Waals surface area contributed by atoms with Crippen LogP contribution in [0.15, 0.2) is 30.5 Å². The average Bonchev–Trinajstić information content (AvgIpc) is 3.42. The number of carbonyl (C=O) groups is 1. The van der Waals surface area contributed by atoms with Crippen LogP contribution in [0.3, 0.4) is 0 Å². The summed E-state index contributed by atoms with van der Waals surface area (Å²) in [4.78, 5) is 22.0. The van der Waals surface area contributed by atoms with E-state index in [1.807, 2.05) is 13.1 Å². The van der Waals surface area contributed by atoms with E-state index in [4.69, 9.17) is 22.3 Å². The van der Waals surface area contributed by atoms with Crippen LogP contribution in [-0.4, -0.2) is 77.5 Å². The summed E-state index contributed by atoms with van der Waals surface area (Å²) in [5.41, 5.74) is 8.38. The maximum Gasteiger partial charge on any atom is 0.256 e. The molecule has 2 atom stereocenters. The highest BCUT2D eigenvalue weighted by Gasteiger charge is 2.28. The smallest absolute Gasteiger partial charge is 0.256 e. The van der Waals surface area contributed by atoms with Gasteiger partial charge in [0.05, 0.1) is 35.8 Å². The van der Waals surface area contributed by atoms with Crippen LogP contribution in [0.1, 0.15) is 41.0 Å². The third kappa shape index (κ3) is 5.56. The van der Waals surface area contributed by atoms with Crippen molar-refractivity contribution in [3.8, 4) is 0 Å². The predicted octanol–water partition coefficient (Wildman–Crippen LogP) is 1.80. The Morgan fingerprint density at radius 1 is 1.39 bits per heavy atom. The summed E-state index contributed by atoms with van der Waals surface area (Å²) in [6.45, 7) is 5.04. The average molecular weight is 536 g/mol. The molecule has 1 aliphatic rings. The molecular formula is C23H30ClN7O4S. The van der Waals surface area contributed by atoms with Gasteiger partial charge in [-0.15, -0.1) is 0 Å². The second kappa shape index (κ2) is 10.2. The van der Waals surface area contributed by atoms with Crippen LogP contribution >= 0.6 is 11.6 Å². The van der Waals surface area contributed by atoms with E-state index in [1.165, 1.54) is 23.1 Å². The number of rotatable bonds is 8. The number of aliphatic hydroxyl groups excluding tert-OH is 1. The molecule has 0 aliphatic carbocycles. The zero-order valence-corrected chi connectivity index (χ0v) is 21.9. The largest absolute Gasteiger partial charge is 0.395 e. The van der Waals surface area contributed by atoms with Crippen molar-refractivity contribution in [3.63, 3.8) is 0 Å². The first-order chi connectivity index (χ1) is 17.0. The molecule has 1 amide bonds. The second-order valence-electron chi connectivity index (χ2n) is 9.08. The van der Waals surface area contributed by atoms with Gasteiger partial charge in [-0.1, -0.05) is 11.6 Å². The lowest BCUT2D eigenvalue weighted by Crippen LogP contribution is -2.36. The molecule has 0 unspecified atom stereocenters. The minimum Gasteiger partial charge on any atom is -0.395 e.